The number of carbonyl (C=O) groups is 1. The zero-order chi connectivity index (χ0) is 20.9. The van der Waals surface area contributed by atoms with Crippen molar-refractivity contribution in [2.45, 2.75) is 37.4 Å². The number of rotatable bonds is 7. The van der Waals surface area contributed by atoms with E-state index in [2.05, 4.69) is 12.2 Å². The summed E-state index contributed by atoms with van der Waals surface area (Å²) in [7, 11) is 0. The van der Waals surface area contributed by atoms with Crippen LogP contribution in [0.2, 0.25) is 0 Å². The summed E-state index contributed by atoms with van der Waals surface area (Å²) in [4.78, 5) is 30.5. The quantitative estimate of drug-likeness (QED) is 0.466. The Kier molecular flexibility index (Phi) is 6.50. The van der Waals surface area contributed by atoms with Gasteiger partial charge in [0.05, 0.1) is 28.4 Å². The molecular formula is C23H25N3O3S. The molecule has 1 N–H and O–H groups in total. The first-order valence-corrected chi connectivity index (χ1v) is 11.3. The molecule has 1 aliphatic heterocycles. The molecule has 30 heavy (non-hydrogen) atoms. The van der Waals surface area contributed by atoms with Gasteiger partial charge in [-0.1, -0.05) is 49.0 Å². The van der Waals surface area contributed by atoms with E-state index in [-0.39, 0.29) is 23.3 Å². The molecule has 0 aliphatic carbocycles. The van der Waals surface area contributed by atoms with Crippen LogP contribution in [0.4, 0.5) is 0 Å². The lowest BCUT2D eigenvalue weighted by Crippen LogP contribution is -2.33. The molecule has 3 aromatic rings. The predicted molar refractivity (Wildman–Crippen MR) is 119 cm³/mol. The summed E-state index contributed by atoms with van der Waals surface area (Å²) in [5.41, 5.74) is 2.38. The van der Waals surface area contributed by atoms with Crippen LogP contribution in [0.25, 0.3) is 16.6 Å². The summed E-state index contributed by atoms with van der Waals surface area (Å²) < 4.78 is 7.19. The molecule has 0 radical (unpaired) electrons. The highest BCUT2D eigenvalue weighted by atomic mass is 32.2. The van der Waals surface area contributed by atoms with Crippen molar-refractivity contribution in [3.8, 4) is 5.69 Å². The lowest BCUT2D eigenvalue weighted by molar-refractivity contribution is -0.119. The van der Waals surface area contributed by atoms with Crippen LogP contribution in [0.5, 0.6) is 0 Å². The number of hydrogen-bond acceptors (Lipinski definition) is 5. The third-order valence-corrected chi connectivity index (χ3v) is 6.18. The van der Waals surface area contributed by atoms with Gasteiger partial charge in [-0.05, 0) is 43.0 Å². The van der Waals surface area contributed by atoms with Gasteiger partial charge in [-0.15, -0.1) is 0 Å². The van der Waals surface area contributed by atoms with E-state index >= 15 is 0 Å². The lowest BCUT2D eigenvalue weighted by Gasteiger charge is -2.16. The topological polar surface area (TPSA) is 73.2 Å². The molecule has 1 amide bonds. The molecule has 0 unspecified atom stereocenters. The first-order valence-electron chi connectivity index (χ1n) is 10.3. The molecule has 1 aliphatic rings. The minimum atomic E-state index is -0.122. The van der Waals surface area contributed by atoms with E-state index in [1.807, 2.05) is 42.5 Å². The number of para-hydroxylation sites is 2. The van der Waals surface area contributed by atoms with Gasteiger partial charge < -0.3 is 10.1 Å². The van der Waals surface area contributed by atoms with Crippen LogP contribution in [-0.2, 0) is 16.0 Å². The molecule has 0 saturated carbocycles. The fourth-order valence-electron chi connectivity index (χ4n) is 3.66. The Bertz CT molecular complexity index is 1110. The number of aromatic nitrogens is 2. The Morgan fingerprint density at radius 2 is 2.03 bits per heavy atom. The molecule has 1 aromatic heterocycles. The van der Waals surface area contributed by atoms with Crippen LogP contribution in [0.3, 0.4) is 0 Å². The highest BCUT2D eigenvalue weighted by Crippen LogP contribution is 2.23. The molecule has 1 fully saturated rings. The van der Waals surface area contributed by atoms with E-state index in [1.165, 1.54) is 11.8 Å². The number of nitrogens with zero attached hydrogens (tertiary/aromatic N) is 2. The Morgan fingerprint density at radius 1 is 1.23 bits per heavy atom. The second kappa shape index (κ2) is 9.45. The fourth-order valence-corrected chi connectivity index (χ4v) is 4.50. The summed E-state index contributed by atoms with van der Waals surface area (Å²) >= 11 is 1.28. The van der Waals surface area contributed by atoms with Gasteiger partial charge in [0.25, 0.3) is 5.56 Å². The smallest absolute Gasteiger partial charge is 0.266 e. The van der Waals surface area contributed by atoms with Crippen molar-refractivity contribution < 1.29 is 9.53 Å². The SMILES string of the molecule is CCc1ccccc1-n1c(SCC(=O)NC[C@@H]2CCCO2)nc2ccccc2c1=O. The molecule has 4 rings (SSSR count). The predicted octanol–water partition coefficient (Wildman–Crippen LogP) is 3.34. The fraction of sp³-hybridized carbons (Fsp3) is 0.348. The van der Waals surface area contributed by atoms with Gasteiger partial charge in [-0.3, -0.25) is 14.2 Å². The summed E-state index contributed by atoms with van der Waals surface area (Å²) in [6.45, 7) is 3.35. The summed E-state index contributed by atoms with van der Waals surface area (Å²) in [6.07, 6.45) is 2.92. The zero-order valence-corrected chi connectivity index (χ0v) is 17.8. The molecule has 2 aromatic carbocycles. The van der Waals surface area contributed by atoms with Crippen molar-refractivity contribution in [2.24, 2.45) is 0 Å². The highest BCUT2D eigenvalue weighted by Gasteiger charge is 2.18. The normalized spacial score (nSPS) is 16.1. The number of ether oxygens (including phenoxy) is 1. The van der Waals surface area contributed by atoms with Crippen molar-refractivity contribution in [2.75, 3.05) is 18.9 Å². The molecule has 156 valence electrons. The van der Waals surface area contributed by atoms with Crippen LogP contribution < -0.4 is 10.9 Å². The zero-order valence-electron chi connectivity index (χ0n) is 17.0. The average molecular weight is 424 g/mol. The van der Waals surface area contributed by atoms with Gasteiger partial charge in [-0.2, -0.15) is 0 Å². The maximum absolute atomic E-state index is 13.4. The third-order valence-electron chi connectivity index (χ3n) is 5.24. The number of benzene rings is 2. The summed E-state index contributed by atoms with van der Waals surface area (Å²) in [5, 5.41) is 4.01. The van der Waals surface area contributed by atoms with Gasteiger partial charge >= 0.3 is 0 Å². The molecule has 2 heterocycles. The minimum Gasteiger partial charge on any atom is -0.376 e. The first kappa shape index (κ1) is 20.6. The van der Waals surface area contributed by atoms with Crippen LogP contribution in [0.15, 0.2) is 58.5 Å². The molecule has 0 spiro atoms. The van der Waals surface area contributed by atoms with Crippen LogP contribution in [0.1, 0.15) is 25.3 Å². The minimum absolute atomic E-state index is 0.0896. The number of nitrogens with one attached hydrogen (secondary N) is 1. The van der Waals surface area contributed by atoms with Crippen LogP contribution in [-0.4, -0.2) is 40.5 Å². The molecule has 6 nitrogen and oxygen atoms in total. The molecular weight excluding hydrogens is 398 g/mol. The third kappa shape index (κ3) is 4.42. The summed E-state index contributed by atoms with van der Waals surface area (Å²) in [6, 6.07) is 15.1. The highest BCUT2D eigenvalue weighted by molar-refractivity contribution is 7.99. The molecule has 1 saturated heterocycles. The Labute approximate surface area is 179 Å². The maximum atomic E-state index is 13.4. The lowest BCUT2D eigenvalue weighted by atomic mass is 10.1. The largest absolute Gasteiger partial charge is 0.376 e. The first-order chi connectivity index (χ1) is 14.7. The molecule has 0 bridgehead atoms. The Balaban J connectivity index is 1.64. The van der Waals surface area contributed by atoms with Gasteiger partial charge in [0, 0.05) is 13.2 Å². The van der Waals surface area contributed by atoms with Gasteiger partial charge in [-0.25, -0.2) is 4.98 Å². The number of carbonyl (C=O) groups excluding carboxylic acids is 1. The van der Waals surface area contributed by atoms with E-state index in [0.29, 0.717) is 22.6 Å². The average Bonchev–Trinajstić information content (AvgIpc) is 3.30. The van der Waals surface area contributed by atoms with Crippen molar-refractivity contribution in [1.29, 1.82) is 0 Å². The van der Waals surface area contributed by atoms with Gasteiger partial charge in [0.15, 0.2) is 5.16 Å². The van der Waals surface area contributed by atoms with Crippen molar-refractivity contribution in [3.05, 3.63) is 64.4 Å². The van der Waals surface area contributed by atoms with E-state index in [4.69, 9.17) is 9.72 Å². The van der Waals surface area contributed by atoms with Crippen LogP contribution in [0, 0.1) is 0 Å². The van der Waals surface area contributed by atoms with Gasteiger partial charge in [0.1, 0.15) is 0 Å². The summed E-state index contributed by atoms with van der Waals surface area (Å²) in [5.74, 6) is 0.0967. The number of amides is 1. The van der Waals surface area contributed by atoms with E-state index < -0.39 is 0 Å². The van der Waals surface area contributed by atoms with E-state index in [9.17, 15) is 9.59 Å². The van der Waals surface area contributed by atoms with Gasteiger partial charge in [0.2, 0.25) is 5.91 Å². The van der Waals surface area contributed by atoms with E-state index in [1.54, 1.807) is 10.6 Å². The number of hydrogen-bond donors (Lipinski definition) is 1. The second-order valence-electron chi connectivity index (χ2n) is 7.26. The van der Waals surface area contributed by atoms with Crippen LogP contribution >= 0.6 is 11.8 Å². The maximum Gasteiger partial charge on any atom is 0.266 e. The standard InChI is InChI=1S/C23H25N3O3S/c1-2-16-8-3-6-12-20(16)26-22(28)18-10-4-5-11-19(18)25-23(26)30-15-21(27)24-14-17-9-7-13-29-17/h3-6,8,10-12,17H,2,7,9,13-15H2,1H3,(H,24,27)/t17-/m0/s1. The number of thioether (sulfide) groups is 1. The Hall–Kier alpha value is -2.64. The molecule has 1 atom stereocenters. The van der Waals surface area contributed by atoms with Crippen molar-refractivity contribution in [3.63, 3.8) is 0 Å². The number of fused-ring (bicyclic) bond motifs is 1. The monoisotopic (exact) mass is 423 g/mol. The van der Waals surface area contributed by atoms with E-state index in [0.717, 1.165) is 37.1 Å². The molecule has 7 heteroatoms. The van der Waals surface area contributed by atoms with Crippen molar-refractivity contribution >= 4 is 28.6 Å². The number of aryl methyl sites for hydroxylation is 1. The van der Waals surface area contributed by atoms with Crippen molar-refractivity contribution in [1.82, 2.24) is 14.9 Å². The second-order valence-corrected chi connectivity index (χ2v) is 8.20. The Morgan fingerprint density at radius 3 is 2.83 bits per heavy atom.